The summed E-state index contributed by atoms with van der Waals surface area (Å²) in [5.41, 5.74) is 7.09. The van der Waals surface area contributed by atoms with E-state index in [-0.39, 0.29) is 11.3 Å². The molecule has 0 aliphatic heterocycles. The van der Waals surface area contributed by atoms with Gasteiger partial charge in [0.25, 0.3) is 0 Å². The molecular formula is C12H15ClN4O. The number of halogens is 1. The molecule has 0 saturated carbocycles. The first-order chi connectivity index (χ1) is 8.56. The predicted molar refractivity (Wildman–Crippen MR) is 71.7 cm³/mol. The molecule has 0 amide bonds. The van der Waals surface area contributed by atoms with Gasteiger partial charge in [0.2, 0.25) is 5.28 Å². The van der Waals surface area contributed by atoms with Gasteiger partial charge in [-0.1, -0.05) is 0 Å². The first-order valence-corrected chi connectivity index (χ1v) is 6.02. The van der Waals surface area contributed by atoms with E-state index < -0.39 is 0 Å². The van der Waals surface area contributed by atoms with E-state index in [1.165, 1.54) is 0 Å². The predicted octanol–water partition coefficient (Wildman–Crippen LogP) is 2.66. The van der Waals surface area contributed by atoms with E-state index in [2.05, 4.69) is 15.3 Å². The van der Waals surface area contributed by atoms with Gasteiger partial charge in [0.05, 0.1) is 17.6 Å². The molecule has 0 aliphatic rings. The molecule has 0 aliphatic carbocycles. The minimum atomic E-state index is 0.129. The van der Waals surface area contributed by atoms with Crippen LogP contribution in [0.1, 0.15) is 18.4 Å². The number of nitrogens with one attached hydrogen (secondary N) is 1. The molecule has 5 nitrogen and oxygen atoms in total. The van der Waals surface area contributed by atoms with Gasteiger partial charge in [0, 0.05) is 12.5 Å². The summed E-state index contributed by atoms with van der Waals surface area (Å²) < 4.78 is 5.29. The molecule has 1 unspecified atom stereocenters. The number of hydrogen-bond donors (Lipinski definition) is 2. The van der Waals surface area contributed by atoms with E-state index >= 15 is 0 Å². The monoisotopic (exact) mass is 266 g/mol. The van der Waals surface area contributed by atoms with Crippen LogP contribution in [0.15, 0.2) is 22.8 Å². The molecule has 3 N–H and O–H groups in total. The molecule has 0 saturated heterocycles. The minimum Gasteiger partial charge on any atom is -0.469 e. The average molecular weight is 267 g/mol. The Morgan fingerprint density at radius 1 is 1.50 bits per heavy atom. The van der Waals surface area contributed by atoms with Crippen LogP contribution in [0, 0.1) is 6.92 Å². The summed E-state index contributed by atoms with van der Waals surface area (Å²) >= 11 is 5.81. The molecule has 6 heteroatoms. The highest BCUT2D eigenvalue weighted by molar-refractivity contribution is 6.28. The van der Waals surface area contributed by atoms with Gasteiger partial charge in [-0.25, -0.2) is 4.98 Å². The molecule has 0 radical (unpaired) electrons. The summed E-state index contributed by atoms with van der Waals surface area (Å²) in [6.45, 7) is 3.82. The average Bonchev–Trinajstić information content (AvgIpc) is 2.77. The van der Waals surface area contributed by atoms with Gasteiger partial charge >= 0.3 is 0 Å². The summed E-state index contributed by atoms with van der Waals surface area (Å²) in [5.74, 6) is 1.47. The second-order valence-electron chi connectivity index (χ2n) is 4.17. The normalized spacial score (nSPS) is 12.4. The highest BCUT2D eigenvalue weighted by atomic mass is 35.5. The Hall–Kier alpha value is -1.75. The highest BCUT2D eigenvalue weighted by Gasteiger charge is 2.11. The maximum atomic E-state index is 5.90. The van der Waals surface area contributed by atoms with Crippen LogP contribution in [-0.2, 0) is 6.42 Å². The lowest BCUT2D eigenvalue weighted by Crippen LogP contribution is -2.20. The number of aryl methyl sites for hydroxylation is 1. The largest absolute Gasteiger partial charge is 0.469 e. The lowest BCUT2D eigenvalue weighted by molar-refractivity contribution is 0.497. The quantitative estimate of drug-likeness (QED) is 0.832. The fourth-order valence-electron chi connectivity index (χ4n) is 1.67. The van der Waals surface area contributed by atoms with Crippen LogP contribution in [0.25, 0.3) is 0 Å². The Kier molecular flexibility index (Phi) is 3.72. The fraction of sp³-hybridized carbons (Fsp3) is 0.333. The second kappa shape index (κ2) is 5.27. The molecule has 0 bridgehead atoms. The van der Waals surface area contributed by atoms with E-state index in [1.54, 1.807) is 13.2 Å². The maximum absolute atomic E-state index is 5.90. The Morgan fingerprint density at radius 3 is 2.94 bits per heavy atom. The first kappa shape index (κ1) is 12.7. The molecule has 0 spiro atoms. The number of nitrogens with two attached hydrogens (primary N) is 1. The zero-order valence-electron chi connectivity index (χ0n) is 10.3. The van der Waals surface area contributed by atoms with Crippen molar-refractivity contribution in [2.45, 2.75) is 26.3 Å². The summed E-state index contributed by atoms with van der Waals surface area (Å²) in [7, 11) is 0. The maximum Gasteiger partial charge on any atom is 0.224 e. The Labute approximate surface area is 110 Å². The van der Waals surface area contributed by atoms with Crippen LogP contribution in [0.2, 0.25) is 5.28 Å². The van der Waals surface area contributed by atoms with Gasteiger partial charge in [-0.3, -0.25) is 0 Å². The third kappa shape index (κ3) is 2.92. The van der Waals surface area contributed by atoms with Crippen LogP contribution in [0.5, 0.6) is 0 Å². The zero-order valence-corrected chi connectivity index (χ0v) is 11.0. The minimum absolute atomic E-state index is 0.129. The van der Waals surface area contributed by atoms with Crippen LogP contribution < -0.4 is 11.1 Å². The number of aromatic nitrogens is 2. The smallest absolute Gasteiger partial charge is 0.224 e. The standard InChI is InChI=1S/C12H15ClN4O/c1-7(6-9-4-3-5-18-9)15-11-10(14)8(2)16-12(13)17-11/h3-5,7H,6,14H2,1-2H3,(H,15,16,17). The second-order valence-corrected chi connectivity index (χ2v) is 4.51. The van der Waals surface area contributed by atoms with Gasteiger partial charge in [-0.05, 0) is 37.6 Å². The number of nitrogens with zero attached hydrogens (tertiary/aromatic N) is 2. The van der Waals surface area contributed by atoms with Crippen molar-refractivity contribution >= 4 is 23.1 Å². The fourth-order valence-corrected chi connectivity index (χ4v) is 1.88. The number of furan rings is 1. The lowest BCUT2D eigenvalue weighted by atomic mass is 10.2. The summed E-state index contributed by atoms with van der Waals surface area (Å²) in [6, 6.07) is 3.92. The Morgan fingerprint density at radius 2 is 2.28 bits per heavy atom. The third-order valence-electron chi connectivity index (χ3n) is 2.58. The van der Waals surface area contributed by atoms with Crippen molar-refractivity contribution in [1.29, 1.82) is 0 Å². The van der Waals surface area contributed by atoms with Crippen LogP contribution >= 0.6 is 11.6 Å². The molecule has 1 atom stereocenters. The van der Waals surface area contributed by atoms with E-state index in [0.29, 0.717) is 17.2 Å². The number of anilines is 2. The van der Waals surface area contributed by atoms with Crippen molar-refractivity contribution in [1.82, 2.24) is 9.97 Å². The van der Waals surface area contributed by atoms with Crippen LogP contribution in [-0.4, -0.2) is 16.0 Å². The van der Waals surface area contributed by atoms with Gasteiger partial charge in [0.15, 0.2) is 5.82 Å². The summed E-state index contributed by atoms with van der Waals surface area (Å²) in [5, 5.41) is 3.40. The molecule has 18 heavy (non-hydrogen) atoms. The van der Waals surface area contributed by atoms with Crippen molar-refractivity contribution in [3.63, 3.8) is 0 Å². The highest BCUT2D eigenvalue weighted by Crippen LogP contribution is 2.21. The molecule has 96 valence electrons. The van der Waals surface area contributed by atoms with Crippen LogP contribution in [0.3, 0.4) is 0 Å². The van der Waals surface area contributed by atoms with Crippen molar-refractivity contribution in [2.24, 2.45) is 0 Å². The SMILES string of the molecule is Cc1nc(Cl)nc(NC(C)Cc2ccco2)c1N. The number of nitrogen functional groups attached to an aromatic ring is 1. The first-order valence-electron chi connectivity index (χ1n) is 5.65. The van der Waals surface area contributed by atoms with Crippen molar-refractivity contribution in [2.75, 3.05) is 11.1 Å². The summed E-state index contributed by atoms with van der Waals surface area (Å²) in [6.07, 6.45) is 2.40. The van der Waals surface area contributed by atoms with E-state index in [0.717, 1.165) is 12.2 Å². The van der Waals surface area contributed by atoms with E-state index in [1.807, 2.05) is 19.1 Å². The molecule has 2 aromatic rings. The lowest BCUT2D eigenvalue weighted by Gasteiger charge is -2.15. The molecule has 0 fully saturated rings. The molecule has 2 aromatic heterocycles. The van der Waals surface area contributed by atoms with Gasteiger partial charge < -0.3 is 15.5 Å². The van der Waals surface area contributed by atoms with Crippen LogP contribution in [0.4, 0.5) is 11.5 Å². The Balaban J connectivity index is 2.09. The van der Waals surface area contributed by atoms with Crippen molar-refractivity contribution in [3.05, 3.63) is 35.1 Å². The topological polar surface area (TPSA) is 77.0 Å². The molecule has 0 aromatic carbocycles. The molecular weight excluding hydrogens is 252 g/mol. The van der Waals surface area contributed by atoms with E-state index in [4.69, 9.17) is 21.8 Å². The number of hydrogen-bond acceptors (Lipinski definition) is 5. The number of rotatable bonds is 4. The van der Waals surface area contributed by atoms with Gasteiger partial charge in [-0.2, -0.15) is 4.98 Å². The van der Waals surface area contributed by atoms with E-state index in [9.17, 15) is 0 Å². The molecule has 2 heterocycles. The van der Waals surface area contributed by atoms with Crippen molar-refractivity contribution in [3.8, 4) is 0 Å². The van der Waals surface area contributed by atoms with Gasteiger partial charge in [-0.15, -0.1) is 0 Å². The molecule has 2 rings (SSSR count). The summed E-state index contributed by atoms with van der Waals surface area (Å²) in [4.78, 5) is 8.08. The Bertz CT molecular complexity index is 527. The van der Waals surface area contributed by atoms with Gasteiger partial charge in [0.1, 0.15) is 5.76 Å². The zero-order chi connectivity index (χ0) is 13.1. The van der Waals surface area contributed by atoms with Crippen molar-refractivity contribution < 1.29 is 4.42 Å². The third-order valence-corrected chi connectivity index (χ3v) is 2.75.